The van der Waals surface area contributed by atoms with Crippen molar-refractivity contribution in [1.29, 1.82) is 0 Å². The van der Waals surface area contributed by atoms with Crippen LogP contribution in [0.1, 0.15) is 22.3 Å². The molecule has 7 nitrogen and oxygen atoms in total. The summed E-state index contributed by atoms with van der Waals surface area (Å²) in [5.74, 6) is -1.53. The van der Waals surface area contributed by atoms with Crippen molar-refractivity contribution in [3.63, 3.8) is 0 Å². The number of hydrogen-bond donors (Lipinski definition) is 0. The zero-order chi connectivity index (χ0) is 28.4. The van der Waals surface area contributed by atoms with Gasteiger partial charge in [0, 0.05) is 0 Å². The highest BCUT2D eigenvalue weighted by Gasteiger charge is 2.44. The minimum Gasteiger partial charge on any atom is -0.413 e. The van der Waals surface area contributed by atoms with Crippen LogP contribution in [-0.2, 0) is 0 Å². The van der Waals surface area contributed by atoms with Gasteiger partial charge in [0.2, 0.25) is 0 Å². The molecule has 0 aromatic heterocycles. The van der Waals surface area contributed by atoms with Crippen LogP contribution in [0.25, 0.3) is 0 Å². The van der Waals surface area contributed by atoms with Crippen molar-refractivity contribution >= 4 is 43.7 Å². The van der Waals surface area contributed by atoms with E-state index in [1.807, 2.05) is 125 Å². The summed E-state index contributed by atoms with van der Waals surface area (Å²) in [6.07, 6.45) is 0. The molecule has 1 aliphatic rings. The lowest BCUT2D eigenvalue weighted by atomic mass is 10.2. The van der Waals surface area contributed by atoms with E-state index in [4.69, 9.17) is 45.1 Å². The maximum Gasteiger partial charge on any atom is 0.457 e. The van der Waals surface area contributed by atoms with E-state index in [1.165, 1.54) is 0 Å². The maximum atomic E-state index is 6.83. The molecule has 12 heteroatoms. The number of nitrogens with zero attached hydrogens (tertiary/aromatic N) is 3. The van der Waals surface area contributed by atoms with Gasteiger partial charge in [-0.15, -0.1) is 9.03 Å². The molecule has 0 amide bonds. The van der Waals surface area contributed by atoms with Gasteiger partial charge >= 0.3 is 15.3 Å². The van der Waals surface area contributed by atoms with Crippen LogP contribution < -0.4 is 18.1 Å². The van der Waals surface area contributed by atoms with Crippen molar-refractivity contribution in [2.75, 3.05) is 0 Å². The zero-order valence-corrected chi connectivity index (χ0v) is 26.5. The van der Waals surface area contributed by atoms with Crippen molar-refractivity contribution < 1.29 is 18.1 Å². The molecule has 40 heavy (non-hydrogen) atoms. The summed E-state index contributed by atoms with van der Waals surface area (Å²) in [6.45, 7) is 7.95. The van der Waals surface area contributed by atoms with Crippen molar-refractivity contribution in [1.82, 2.24) is 0 Å². The second-order valence-corrected chi connectivity index (χ2v) is 18.4. The average Bonchev–Trinajstić information content (AvgIpc) is 2.89. The fraction of sp³-hybridized carbons (Fsp3) is 0.143. The highest BCUT2D eigenvalue weighted by atomic mass is 35.9. The molecule has 5 rings (SSSR count). The van der Waals surface area contributed by atoms with Crippen LogP contribution in [0.15, 0.2) is 111 Å². The lowest BCUT2D eigenvalue weighted by molar-refractivity contribution is 0.460. The molecule has 1 heterocycles. The van der Waals surface area contributed by atoms with Gasteiger partial charge in [-0.1, -0.05) is 75.3 Å². The first-order chi connectivity index (χ1) is 19.0. The van der Waals surface area contributed by atoms with Crippen molar-refractivity contribution in [2.45, 2.75) is 27.7 Å². The smallest absolute Gasteiger partial charge is 0.413 e. The molecule has 1 aliphatic heterocycles. The first-order valence-electron chi connectivity index (χ1n) is 12.4. The van der Waals surface area contributed by atoms with E-state index in [0.717, 1.165) is 22.3 Å². The van der Waals surface area contributed by atoms with Crippen molar-refractivity contribution in [2.24, 2.45) is 13.5 Å². The second-order valence-electron chi connectivity index (χ2n) is 9.32. The number of aryl methyl sites for hydroxylation is 4. The second kappa shape index (κ2) is 11.7. The lowest BCUT2D eigenvalue weighted by Gasteiger charge is -2.30. The van der Waals surface area contributed by atoms with Crippen LogP contribution in [0.3, 0.4) is 0 Å². The van der Waals surface area contributed by atoms with Gasteiger partial charge < -0.3 is 18.1 Å². The molecule has 0 spiro atoms. The van der Waals surface area contributed by atoms with E-state index in [1.54, 1.807) is 0 Å². The van der Waals surface area contributed by atoms with Gasteiger partial charge in [-0.25, -0.2) is 0 Å². The standard InChI is InChI=1S/C28H28Cl2N3O4P3/c1-21-5-13-25(14-6-21)34-39(35-26-15-7-22(2)8-16-26)31-38(29,30)32-40(33-39,36-27-17-9-23(3)10-18-27)37-28-19-11-24(4)12-20-28/h5-20H,1-4H3. The molecule has 208 valence electrons. The molecule has 0 aliphatic carbocycles. The van der Waals surface area contributed by atoms with Crippen LogP contribution in [0.2, 0.25) is 0 Å². The number of halogens is 2. The Labute approximate surface area is 244 Å². The van der Waals surface area contributed by atoms with Crippen LogP contribution in [0.4, 0.5) is 0 Å². The third-order valence-corrected chi connectivity index (χ3v) is 15.2. The van der Waals surface area contributed by atoms with E-state index in [9.17, 15) is 0 Å². The van der Waals surface area contributed by atoms with Crippen LogP contribution >= 0.6 is 43.7 Å². The highest BCUT2D eigenvalue weighted by Crippen LogP contribution is 2.82. The molecular weight excluding hydrogens is 606 g/mol. The molecule has 4 aromatic carbocycles. The van der Waals surface area contributed by atoms with Gasteiger partial charge in [0.15, 0.2) is 0 Å². The van der Waals surface area contributed by atoms with E-state index >= 15 is 0 Å². The fourth-order valence-corrected chi connectivity index (χ4v) is 14.2. The third kappa shape index (κ3) is 7.35. The van der Waals surface area contributed by atoms with Crippen LogP contribution in [-0.4, -0.2) is 0 Å². The van der Waals surface area contributed by atoms with Crippen molar-refractivity contribution in [3.8, 4) is 23.0 Å². The molecule has 0 atom stereocenters. The molecule has 0 saturated carbocycles. The Morgan fingerprint density at radius 1 is 0.400 bits per heavy atom. The minimum atomic E-state index is -3.66. The monoisotopic (exact) mass is 633 g/mol. The average molecular weight is 634 g/mol. The first kappa shape index (κ1) is 28.9. The van der Waals surface area contributed by atoms with Crippen LogP contribution in [0, 0.1) is 27.7 Å². The quantitative estimate of drug-likeness (QED) is 0.181. The molecule has 0 saturated heterocycles. The molecule has 0 fully saturated rings. The molecule has 0 unspecified atom stereocenters. The Hall–Kier alpha value is -2.65. The summed E-state index contributed by atoms with van der Waals surface area (Å²) in [6, 6.07) is 29.9. The van der Waals surface area contributed by atoms with Gasteiger partial charge in [0.05, 0.1) is 0 Å². The zero-order valence-electron chi connectivity index (χ0n) is 22.3. The SMILES string of the molecule is Cc1ccc(OP2(Oc3ccc(C)cc3)=NP(Cl)(Cl)=NP(Oc3ccc(C)cc3)(Oc3ccc(C)cc3)=N2)cc1. The molecule has 0 radical (unpaired) electrons. The predicted octanol–water partition coefficient (Wildman–Crippen LogP) is 11.9. The van der Waals surface area contributed by atoms with Gasteiger partial charge in [0.1, 0.15) is 23.0 Å². The summed E-state index contributed by atoms with van der Waals surface area (Å²) in [7, 11) is -7.32. The summed E-state index contributed by atoms with van der Waals surface area (Å²) in [5, 5.41) is 0. The summed E-state index contributed by atoms with van der Waals surface area (Å²) < 4.78 is 40.1. The summed E-state index contributed by atoms with van der Waals surface area (Å²) in [5.41, 5.74) is 4.26. The Kier molecular flexibility index (Phi) is 8.43. The van der Waals surface area contributed by atoms with Crippen LogP contribution in [0.5, 0.6) is 23.0 Å². The lowest BCUT2D eigenvalue weighted by Crippen LogP contribution is -2.06. The maximum absolute atomic E-state index is 6.83. The first-order valence-corrected chi connectivity index (χ1v) is 18.9. The summed E-state index contributed by atoms with van der Waals surface area (Å²) >= 11 is 13.7. The minimum absolute atomic E-state index is 0.484. The van der Waals surface area contributed by atoms with Gasteiger partial charge in [-0.2, -0.15) is 0 Å². The molecular formula is C28H28Cl2N3O4P3. The van der Waals surface area contributed by atoms with Crippen molar-refractivity contribution in [3.05, 3.63) is 119 Å². The third-order valence-electron chi connectivity index (χ3n) is 5.65. The molecule has 0 bridgehead atoms. The normalized spacial score (nSPS) is 16.4. The number of benzene rings is 4. The predicted molar refractivity (Wildman–Crippen MR) is 167 cm³/mol. The Morgan fingerprint density at radius 2 is 0.650 bits per heavy atom. The van der Waals surface area contributed by atoms with E-state index in [0.29, 0.717) is 23.0 Å². The van der Waals surface area contributed by atoms with E-state index in [2.05, 4.69) is 9.03 Å². The Balaban J connectivity index is 1.72. The topological polar surface area (TPSA) is 74.0 Å². The number of rotatable bonds is 8. The van der Waals surface area contributed by atoms with Gasteiger partial charge in [0.25, 0.3) is 5.91 Å². The Bertz CT molecular complexity index is 1470. The summed E-state index contributed by atoms with van der Waals surface area (Å²) in [4.78, 5) is 0. The van der Waals surface area contributed by atoms with E-state index in [-0.39, 0.29) is 0 Å². The molecule has 0 N–H and O–H groups in total. The van der Waals surface area contributed by atoms with E-state index < -0.39 is 21.2 Å². The largest absolute Gasteiger partial charge is 0.457 e. The van der Waals surface area contributed by atoms with Gasteiger partial charge in [-0.05, 0) is 98.7 Å². The molecule has 4 aromatic rings. The highest BCUT2D eigenvalue weighted by molar-refractivity contribution is 8.13. The van der Waals surface area contributed by atoms with Gasteiger partial charge in [-0.3, -0.25) is 0 Å². The fourth-order valence-electron chi connectivity index (χ4n) is 3.60. The number of hydrogen-bond acceptors (Lipinski definition) is 7. The Morgan fingerprint density at radius 3 is 0.925 bits per heavy atom.